The average Bonchev–Trinajstić information content (AvgIpc) is 2.65. The summed E-state index contributed by atoms with van der Waals surface area (Å²) >= 11 is 2.17. The predicted octanol–water partition coefficient (Wildman–Crippen LogP) is 4.96. The Labute approximate surface area is 178 Å². The van der Waals surface area contributed by atoms with Gasteiger partial charge in [-0.2, -0.15) is 0 Å². The molecule has 0 spiro atoms. The number of carbonyl (C=O) groups excluding carboxylic acids is 1. The van der Waals surface area contributed by atoms with E-state index < -0.39 is 10.0 Å². The number of halogens is 1. The van der Waals surface area contributed by atoms with Crippen LogP contribution in [0.4, 0.5) is 11.4 Å². The van der Waals surface area contributed by atoms with Crippen LogP contribution in [0.5, 0.6) is 0 Å². The second-order valence-electron chi connectivity index (χ2n) is 6.41. The van der Waals surface area contributed by atoms with Crippen LogP contribution in [0.1, 0.15) is 21.5 Å². The van der Waals surface area contributed by atoms with Crippen LogP contribution in [0.15, 0.2) is 71.6 Å². The quantitative estimate of drug-likeness (QED) is 0.481. The number of hydrogen-bond acceptors (Lipinski definition) is 3. The molecule has 0 aliphatic heterocycles. The highest BCUT2D eigenvalue weighted by Crippen LogP contribution is 2.22. The van der Waals surface area contributed by atoms with Crippen molar-refractivity contribution in [1.29, 1.82) is 0 Å². The van der Waals surface area contributed by atoms with Gasteiger partial charge in [0.05, 0.1) is 10.6 Å². The van der Waals surface area contributed by atoms with Crippen LogP contribution in [0, 0.1) is 17.4 Å². The van der Waals surface area contributed by atoms with Gasteiger partial charge in [0, 0.05) is 14.8 Å². The van der Waals surface area contributed by atoms with Crippen molar-refractivity contribution in [3.63, 3.8) is 0 Å². The van der Waals surface area contributed by atoms with Gasteiger partial charge in [-0.25, -0.2) is 8.42 Å². The van der Waals surface area contributed by atoms with Gasteiger partial charge >= 0.3 is 0 Å². The van der Waals surface area contributed by atoms with E-state index >= 15 is 0 Å². The third kappa shape index (κ3) is 4.90. The van der Waals surface area contributed by atoms with E-state index in [1.54, 1.807) is 30.3 Å². The summed E-state index contributed by atoms with van der Waals surface area (Å²) in [5.74, 6) is -0.250. The van der Waals surface area contributed by atoms with E-state index in [-0.39, 0.29) is 10.8 Å². The van der Waals surface area contributed by atoms with Gasteiger partial charge < -0.3 is 5.32 Å². The van der Waals surface area contributed by atoms with E-state index in [1.807, 2.05) is 38.1 Å². The van der Waals surface area contributed by atoms with E-state index in [0.29, 0.717) is 16.9 Å². The summed E-state index contributed by atoms with van der Waals surface area (Å²) in [6.45, 7) is 3.81. The number of aryl methyl sites for hydroxylation is 2. The molecule has 0 radical (unpaired) electrons. The summed E-state index contributed by atoms with van der Waals surface area (Å²) in [4.78, 5) is 12.4. The van der Waals surface area contributed by atoms with E-state index in [2.05, 4.69) is 32.6 Å². The molecule has 0 saturated heterocycles. The van der Waals surface area contributed by atoms with Crippen LogP contribution in [-0.4, -0.2) is 14.3 Å². The van der Waals surface area contributed by atoms with Crippen molar-refractivity contribution in [2.45, 2.75) is 18.7 Å². The molecule has 28 heavy (non-hydrogen) atoms. The highest BCUT2D eigenvalue weighted by atomic mass is 127. The van der Waals surface area contributed by atoms with Crippen molar-refractivity contribution >= 4 is 49.9 Å². The highest BCUT2D eigenvalue weighted by Gasteiger charge is 2.15. The van der Waals surface area contributed by atoms with Gasteiger partial charge in [0.15, 0.2) is 0 Å². The summed E-state index contributed by atoms with van der Waals surface area (Å²) in [7, 11) is -3.71. The summed E-state index contributed by atoms with van der Waals surface area (Å²) < 4.78 is 28.9. The van der Waals surface area contributed by atoms with Crippen molar-refractivity contribution < 1.29 is 13.2 Å². The van der Waals surface area contributed by atoms with Crippen LogP contribution < -0.4 is 10.0 Å². The Morgan fingerprint density at radius 1 is 0.893 bits per heavy atom. The highest BCUT2D eigenvalue weighted by molar-refractivity contribution is 14.1. The fourth-order valence-electron chi connectivity index (χ4n) is 2.65. The maximum atomic E-state index is 12.6. The zero-order valence-corrected chi connectivity index (χ0v) is 18.3. The first-order chi connectivity index (χ1) is 13.2. The fourth-order valence-corrected chi connectivity index (χ4v) is 4.14. The Balaban J connectivity index is 1.74. The molecule has 1 amide bonds. The summed E-state index contributed by atoms with van der Waals surface area (Å²) in [6, 6.07) is 18.8. The Bertz CT molecular complexity index is 1110. The minimum atomic E-state index is -3.71. The van der Waals surface area contributed by atoms with Gasteiger partial charge in [0.2, 0.25) is 0 Å². The lowest BCUT2D eigenvalue weighted by Crippen LogP contribution is -2.14. The molecule has 3 aromatic rings. The van der Waals surface area contributed by atoms with Crippen molar-refractivity contribution in [1.82, 2.24) is 0 Å². The first kappa shape index (κ1) is 20.3. The number of hydrogen-bond donors (Lipinski definition) is 2. The Morgan fingerprint density at radius 2 is 1.54 bits per heavy atom. The van der Waals surface area contributed by atoms with E-state index in [0.717, 1.165) is 14.7 Å². The minimum Gasteiger partial charge on any atom is -0.322 e. The molecule has 3 aromatic carbocycles. The first-order valence-corrected chi connectivity index (χ1v) is 11.1. The smallest absolute Gasteiger partial charge is 0.261 e. The molecule has 0 aromatic heterocycles. The summed E-state index contributed by atoms with van der Waals surface area (Å²) in [6.07, 6.45) is 0. The van der Waals surface area contributed by atoms with Gasteiger partial charge in [-0.15, -0.1) is 0 Å². The lowest BCUT2D eigenvalue weighted by molar-refractivity contribution is 0.102. The maximum Gasteiger partial charge on any atom is 0.261 e. The first-order valence-electron chi connectivity index (χ1n) is 8.52. The molecule has 0 unspecified atom stereocenters. The molecule has 0 atom stereocenters. The van der Waals surface area contributed by atoms with Crippen molar-refractivity contribution in [2.75, 3.05) is 10.0 Å². The van der Waals surface area contributed by atoms with Crippen LogP contribution in [0.3, 0.4) is 0 Å². The van der Waals surface area contributed by atoms with Crippen LogP contribution >= 0.6 is 22.6 Å². The van der Waals surface area contributed by atoms with Crippen molar-refractivity contribution in [2.24, 2.45) is 0 Å². The van der Waals surface area contributed by atoms with Crippen molar-refractivity contribution in [3.05, 3.63) is 87.0 Å². The van der Waals surface area contributed by atoms with Crippen LogP contribution in [-0.2, 0) is 10.0 Å². The van der Waals surface area contributed by atoms with Gasteiger partial charge in [0.1, 0.15) is 0 Å². The molecule has 0 heterocycles. The number of nitrogens with one attached hydrogen (secondary N) is 2. The summed E-state index contributed by atoms with van der Waals surface area (Å²) in [5.41, 5.74) is 3.52. The third-order valence-electron chi connectivity index (χ3n) is 4.16. The van der Waals surface area contributed by atoms with Gasteiger partial charge in [-0.05, 0) is 96.6 Å². The van der Waals surface area contributed by atoms with Crippen LogP contribution in [0.2, 0.25) is 0 Å². The monoisotopic (exact) mass is 506 g/mol. The van der Waals surface area contributed by atoms with Gasteiger partial charge in [-0.1, -0.05) is 17.7 Å². The molecule has 7 heteroatoms. The average molecular weight is 506 g/mol. The number of carbonyl (C=O) groups is 1. The topological polar surface area (TPSA) is 75.3 Å². The lowest BCUT2D eigenvalue weighted by atomic mass is 10.1. The second kappa shape index (κ2) is 8.32. The summed E-state index contributed by atoms with van der Waals surface area (Å²) in [5, 5.41) is 2.76. The largest absolute Gasteiger partial charge is 0.322 e. The molecular formula is C21H19IN2O3S. The SMILES string of the molecule is Cc1ccc(NS(=O)(=O)c2ccc(NC(=O)c3ccc(I)cc3)cc2)c(C)c1. The number of sulfonamides is 1. The molecule has 2 N–H and O–H groups in total. The van der Waals surface area contributed by atoms with Crippen molar-refractivity contribution in [3.8, 4) is 0 Å². The van der Waals surface area contributed by atoms with E-state index in [1.165, 1.54) is 12.1 Å². The molecule has 5 nitrogen and oxygen atoms in total. The molecule has 3 rings (SSSR count). The standard InChI is InChI=1S/C21H19IN2O3S/c1-14-3-12-20(15(2)13-14)24-28(26,27)19-10-8-18(9-11-19)23-21(25)16-4-6-17(22)7-5-16/h3-13,24H,1-2H3,(H,23,25). The Kier molecular flexibility index (Phi) is 6.04. The molecule has 0 bridgehead atoms. The lowest BCUT2D eigenvalue weighted by Gasteiger charge is -2.12. The minimum absolute atomic E-state index is 0.125. The molecule has 0 saturated carbocycles. The van der Waals surface area contributed by atoms with Gasteiger partial charge in [0.25, 0.3) is 15.9 Å². The van der Waals surface area contributed by atoms with Crippen LogP contribution in [0.25, 0.3) is 0 Å². The van der Waals surface area contributed by atoms with E-state index in [4.69, 9.17) is 0 Å². The molecular weight excluding hydrogens is 487 g/mol. The molecule has 0 aliphatic carbocycles. The molecule has 144 valence electrons. The number of benzene rings is 3. The second-order valence-corrected chi connectivity index (χ2v) is 9.34. The zero-order chi connectivity index (χ0) is 20.3. The third-order valence-corrected chi connectivity index (χ3v) is 6.26. The number of anilines is 2. The Morgan fingerprint density at radius 3 is 2.14 bits per heavy atom. The molecule has 0 aliphatic rings. The molecule has 0 fully saturated rings. The number of rotatable bonds is 5. The predicted molar refractivity (Wildman–Crippen MR) is 120 cm³/mol. The fraction of sp³-hybridized carbons (Fsp3) is 0.0952. The zero-order valence-electron chi connectivity index (χ0n) is 15.4. The maximum absolute atomic E-state index is 12.6. The number of amides is 1. The van der Waals surface area contributed by atoms with Gasteiger partial charge in [-0.3, -0.25) is 9.52 Å². The van der Waals surface area contributed by atoms with E-state index in [9.17, 15) is 13.2 Å². The Hall–Kier alpha value is -2.39. The normalized spacial score (nSPS) is 11.1.